The van der Waals surface area contributed by atoms with Crippen molar-refractivity contribution in [2.75, 3.05) is 0 Å². The summed E-state index contributed by atoms with van der Waals surface area (Å²) >= 11 is 1.64. The first-order valence-corrected chi connectivity index (χ1v) is 5.70. The molecule has 0 aliphatic carbocycles. The second kappa shape index (κ2) is 4.51. The average Bonchev–Trinajstić information content (AvgIpc) is 2.70. The van der Waals surface area contributed by atoms with Gasteiger partial charge < -0.3 is 5.73 Å². The van der Waals surface area contributed by atoms with Crippen LogP contribution < -0.4 is 5.73 Å². The third-order valence-electron chi connectivity index (χ3n) is 2.23. The van der Waals surface area contributed by atoms with Gasteiger partial charge in [0, 0.05) is 35.9 Å². The SMILES string of the molecule is Cc1cc(C(N)Cc2nccs2)ccn1. The fourth-order valence-corrected chi connectivity index (χ4v) is 2.13. The van der Waals surface area contributed by atoms with E-state index >= 15 is 0 Å². The molecule has 0 radical (unpaired) electrons. The molecule has 1 atom stereocenters. The van der Waals surface area contributed by atoms with Crippen LogP contribution in [0.1, 0.15) is 22.3 Å². The minimum absolute atomic E-state index is 0.0119. The van der Waals surface area contributed by atoms with E-state index in [2.05, 4.69) is 9.97 Å². The van der Waals surface area contributed by atoms with Gasteiger partial charge in [0.25, 0.3) is 0 Å². The van der Waals surface area contributed by atoms with Crippen molar-refractivity contribution in [3.8, 4) is 0 Å². The third-order valence-corrected chi connectivity index (χ3v) is 3.03. The molecule has 2 aromatic rings. The van der Waals surface area contributed by atoms with Crippen LogP contribution in [-0.4, -0.2) is 9.97 Å². The van der Waals surface area contributed by atoms with Crippen LogP contribution >= 0.6 is 11.3 Å². The van der Waals surface area contributed by atoms with E-state index in [4.69, 9.17) is 5.73 Å². The van der Waals surface area contributed by atoms with E-state index in [-0.39, 0.29) is 6.04 Å². The smallest absolute Gasteiger partial charge is 0.0943 e. The molecule has 3 nitrogen and oxygen atoms in total. The topological polar surface area (TPSA) is 51.8 Å². The van der Waals surface area contributed by atoms with Crippen molar-refractivity contribution in [2.45, 2.75) is 19.4 Å². The third kappa shape index (κ3) is 2.61. The van der Waals surface area contributed by atoms with Crippen molar-refractivity contribution < 1.29 is 0 Å². The Morgan fingerprint density at radius 1 is 1.40 bits per heavy atom. The molecule has 78 valence electrons. The molecule has 4 heteroatoms. The highest BCUT2D eigenvalue weighted by molar-refractivity contribution is 7.09. The van der Waals surface area contributed by atoms with Gasteiger partial charge >= 0.3 is 0 Å². The maximum atomic E-state index is 6.09. The van der Waals surface area contributed by atoms with Gasteiger partial charge in [0.05, 0.1) is 5.01 Å². The van der Waals surface area contributed by atoms with Crippen LogP contribution in [-0.2, 0) is 6.42 Å². The number of hydrogen-bond donors (Lipinski definition) is 1. The first kappa shape index (κ1) is 10.3. The highest BCUT2D eigenvalue weighted by Crippen LogP contribution is 2.17. The molecule has 0 aromatic carbocycles. The summed E-state index contributed by atoms with van der Waals surface area (Å²) in [4.78, 5) is 8.38. The number of hydrogen-bond acceptors (Lipinski definition) is 4. The number of aromatic nitrogens is 2. The molecular formula is C11H13N3S. The van der Waals surface area contributed by atoms with Gasteiger partial charge in [0.15, 0.2) is 0 Å². The number of thiazole rings is 1. The molecule has 0 saturated carbocycles. The van der Waals surface area contributed by atoms with Crippen molar-refractivity contribution >= 4 is 11.3 Å². The van der Waals surface area contributed by atoms with Crippen molar-refractivity contribution in [1.29, 1.82) is 0 Å². The molecule has 0 saturated heterocycles. The molecule has 0 fully saturated rings. The Bertz CT molecular complexity index is 425. The van der Waals surface area contributed by atoms with Gasteiger partial charge in [-0.3, -0.25) is 4.98 Å². The normalized spacial score (nSPS) is 12.7. The second-order valence-electron chi connectivity index (χ2n) is 3.47. The first-order valence-electron chi connectivity index (χ1n) is 4.82. The molecule has 2 N–H and O–H groups in total. The summed E-state index contributed by atoms with van der Waals surface area (Å²) in [6.45, 7) is 1.97. The van der Waals surface area contributed by atoms with Gasteiger partial charge in [-0.1, -0.05) is 0 Å². The quantitative estimate of drug-likeness (QED) is 0.860. The van der Waals surface area contributed by atoms with Gasteiger partial charge in [0.2, 0.25) is 0 Å². The zero-order chi connectivity index (χ0) is 10.7. The zero-order valence-corrected chi connectivity index (χ0v) is 9.37. The first-order chi connectivity index (χ1) is 7.25. The fraction of sp³-hybridized carbons (Fsp3) is 0.273. The highest BCUT2D eigenvalue weighted by Gasteiger charge is 2.08. The minimum atomic E-state index is 0.0119. The number of aryl methyl sites for hydroxylation is 1. The van der Waals surface area contributed by atoms with E-state index in [0.29, 0.717) is 0 Å². The van der Waals surface area contributed by atoms with Crippen LogP contribution in [0.15, 0.2) is 29.9 Å². The summed E-state index contributed by atoms with van der Waals surface area (Å²) in [7, 11) is 0. The summed E-state index contributed by atoms with van der Waals surface area (Å²) in [6.07, 6.45) is 4.40. The molecule has 2 aromatic heterocycles. The van der Waals surface area contributed by atoms with E-state index in [9.17, 15) is 0 Å². The van der Waals surface area contributed by atoms with Crippen LogP contribution in [0.25, 0.3) is 0 Å². The lowest BCUT2D eigenvalue weighted by Crippen LogP contribution is -2.13. The summed E-state index contributed by atoms with van der Waals surface area (Å²) in [5, 5.41) is 3.05. The second-order valence-corrected chi connectivity index (χ2v) is 4.45. The maximum absolute atomic E-state index is 6.09. The Labute approximate surface area is 93.0 Å². The lowest BCUT2D eigenvalue weighted by atomic mass is 10.1. The fourth-order valence-electron chi connectivity index (χ4n) is 1.46. The van der Waals surface area contributed by atoms with Gasteiger partial charge in [-0.25, -0.2) is 4.98 Å². The minimum Gasteiger partial charge on any atom is -0.324 e. The number of nitrogens with zero attached hydrogens (tertiary/aromatic N) is 2. The van der Waals surface area contributed by atoms with Crippen LogP contribution in [0.4, 0.5) is 0 Å². The molecule has 0 amide bonds. The predicted molar refractivity (Wildman–Crippen MR) is 61.7 cm³/mol. The Kier molecular flexibility index (Phi) is 3.08. The molecule has 0 spiro atoms. The van der Waals surface area contributed by atoms with E-state index in [1.165, 1.54) is 0 Å². The summed E-state index contributed by atoms with van der Waals surface area (Å²) in [5.74, 6) is 0. The molecule has 15 heavy (non-hydrogen) atoms. The molecule has 1 unspecified atom stereocenters. The van der Waals surface area contributed by atoms with Crippen LogP contribution in [0, 0.1) is 6.92 Å². The molecule has 2 heterocycles. The van der Waals surface area contributed by atoms with Gasteiger partial charge in [0.1, 0.15) is 0 Å². The summed E-state index contributed by atoms with van der Waals surface area (Å²) < 4.78 is 0. The maximum Gasteiger partial charge on any atom is 0.0943 e. The Hall–Kier alpha value is -1.26. The van der Waals surface area contributed by atoms with Crippen LogP contribution in [0.3, 0.4) is 0 Å². The number of nitrogens with two attached hydrogens (primary N) is 1. The monoisotopic (exact) mass is 219 g/mol. The Morgan fingerprint density at radius 2 is 2.27 bits per heavy atom. The van der Waals surface area contributed by atoms with Crippen molar-refractivity contribution in [3.05, 3.63) is 46.2 Å². The van der Waals surface area contributed by atoms with Crippen molar-refractivity contribution in [3.63, 3.8) is 0 Å². The standard InChI is InChI=1S/C11H13N3S/c1-8-6-9(2-3-13-8)10(12)7-11-14-4-5-15-11/h2-6,10H,7,12H2,1H3. The predicted octanol–water partition coefficient (Wildman–Crippen LogP) is 2.09. The Balaban J connectivity index is 2.11. The number of rotatable bonds is 3. The molecular weight excluding hydrogens is 206 g/mol. The molecule has 0 aliphatic heterocycles. The van der Waals surface area contributed by atoms with Gasteiger partial charge in [-0.2, -0.15) is 0 Å². The molecule has 0 aliphatic rings. The van der Waals surface area contributed by atoms with Crippen LogP contribution in [0.2, 0.25) is 0 Å². The van der Waals surface area contributed by atoms with Gasteiger partial charge in [-0.15, -0.1) is 11.3 Å². The van der Waals surface area contributed by atoms with Crippen LogP contribution in [0.5, 0.6) is 0 Å². The van der Waals surface area contributed by atoms with E-state index < -0.39 is 0 Å². The largest absolute Gasteiger partial charge is 0.324 e. The van der Waals surface area contributed by atoms with E-state index in [0.717, 1.165) is 22.7 Å². The zero-order valence-electron chi connectivity index (χ0n) is 8.55. The van der Waals surface area contributed by atoms with E-state index in [1.54, 1.807) is 17.5 Å². The molecule has 0 bridgehead atoms. The van der Waals surface area contributed by atoms with Crippen molar-refractivity contribution in [1.82, 2.24) is 9.97 Å². The van der Waals surface area contributed by atoms with E-state index in [1.807, 2.05) is 30.6 Å². The lowest BCUT2D eigenvalue weighted by Gasteiger charge is -2.10. The summed E-state index contributed by atoms with van der Waals surface area (Å²) in [6, 6.07) is 4.00. The molecule has 2 rings (SSSR count). The highest BCUT2D eigenvalue weighted by atomic mass is 32.1. The van der Waals surface area contributed by atoms with Crippen molar-refractivity contribution in [2.24, 2.45) is 5.73 Å². The number of pyridine rings is 1. The average molecular weight is 219 g/mol. The Morgan fingerprint density at radius 3 is 2.93 bits per heavy atom. The summed E-state index contributed by atoms with van der Waals surface area (Å²) in [5.41, 5.74) is 8.22. The van der Waals surface area contributed by atoms with Gasteiger partial charge in [-0.05, 0) is 24.6 Å². The lowest BCUT2D eigenvalue weighted by molar-refractivity contribution is 0.715.